The molecule has 2 atom stereocenters. The van der Waals surface area contributed by atoms with E-state index in [9.17, 15) is 63.0 Å². The topological polar surface area (TPSA) is 172 Å². The molecule has 3 N–H and O–H groups in total. The van der Waals surface area contributed by atoms with Gasteiger partial charge in [0.1, 0.15) is 5.60 Å². The molecule has 0 spiro atoms. The van der Waals surface area contributed by atoms with Crippen LogP contribution >= 0.6 is 0 Å². The van der Waals surface area contributed by atoms with Gasteiger partial charge >= 0.3 is 24.3 Å². The van der Waals surface area contributed by atoms with Crippen LogP contribution in [0.5, 0.6) is 0 Å². The van der Waals surface area contributed by atoms with E-state index in [1.807, 2.05) is 0 Å². The summed E-state index contributed by atoms with van der Waals surface area (Å²) in [5.41, 5.74) is -3.07. The second-order valence-corrected chi connectivity index (χ2v) is 17.7. The van der Waals surface area contributed by atoms with Gasteiger partial charge in [0.25, 0.3) is 0 Å². The predicted octanol–water partition coefficient (Wildman–Crippen LogP) is 5.44. The smallest absolute Gasteiger partial charge is 0.416 e. The molecule has 0 saturated carbocycles. The normalized spacial score (nSPS) is 14.7. The van der Waals surface area contributed by atoms with Crippen LogP contribution in [0.15, 0.2) is 58.3 Å². The second-order valence-electron chi connectivity index (χ2n) is 12.7. The molecule has 0 heterocycles. The van der Waals surface area contributed by atoms with Crippen LogP contribution in [0, 0.1) is 0 Å². The average molecular weight is 737 g/mol. The number of benzene rings is 2. The SMILES string of the molecule is CC(C)(C(O)CC(=O)O)S(=O)(=O)c1cccc(C(F)(F)F)c1.CC(C)(C)OC(=O)CC(O)C(C)(C)S(=O)(=O)c1cccc(C(F)(F)F)c1. The highest BCUT2D eigenvalue weighted by molar-refractivity contribution is 7.93. The van der Waals surface area contributed by atoms with Gasteiger partial charge in [-0.2, -0.15) is 26.3 Å². The van der Waals surface area contributed by atoms with Gasteiger partial charge in [0.05, 0.1) is 55.5 Å². The zero-order chi connectivity index (χ0) is 37.9. The number of rotatable bonds is 10. The van der Waals surface area contributed by atoms with E-state index in [2.05, 4.69) is 0 Å². The lowest BCUT2D eigenvalue weighted by molar-refractivity contribution is -0.157. The first-order valence-corrected chi connectivity index (χ1v) is 16.9. The number of carbonyl (C=O) groups excluding carboxylic acids is 1. The first-order valence-electron chi connectivity index (χ1n) is 13.9. The Labute approximate surface area is 274 Å². The quantitative estimate of drug-likeness (QED) is 0.211. The molecule has 0 radical (unpaired) electrons. The number of aliphatic carboxylic acids is 1. The van der Waals surface area contributed by atoms with Gasteiger partial charge in [0.2, 0.25) is 0 Å². The molecule has 2 unspecified atom stereocenters. The van der Waals surface area contributed by atoms with Crippen molar-refractivity contribution in [3.63, 3.8) is 0 Å². The van der Waals surface area contributed by atoms with Gasteiger partial charge in [-0.25, -0.2) is 16.8 Å². The van der Waals surface area contributed by atoms with Crippen LogP contribution in [-0.4, -0.2) is 71.4 Å². The first kappa shape index (κ1) is 42.8. The van der Waals surface area contributed by atoms with Crippen molar-refractivity contribution in [2.24, 2.45) is 0 Å². The van der Waals surface area contributed by atoms with Gasteiger partial charge in [-0.05, 0) is 84.9 Å². The summed E-state index contributed by atoms with van der Waals surface area (Å²) in [6, 6.07) is 6.36. The fourth-order valence-electron chi connectivity index (χ4n) is 3.84. The van der Waals surface area contributed by atoms with Gasteiger partial charge in [-0.3, -0.25) is 9.59 Å². The molecule has 48 heavy (non-hydrogen) atoms. The van der Waals surface area contributed by atoms with Gasteiger partial charge in [-0.15, -0.1) is 0 Å². The molecule has 10 nitrogen and oxygen atoms in total. The number of aliphatic hydroxyl groups is 2. The largest absolute Gasteiger partial charge is 0.481 e. The highest BCUT2D eigenvalue weighted by Crippen LogP contribution is 2.36. The van der Waals surface area contributed by atoms with Crippen LogP contribution in [0.2, 0.25) is 0 Å². The first-order chi connectivity index (χ1) is 21.3. The lowest BCUT2D eigenvalue weighted by Crippen LogP contribution is -2.45. The summed E-state index contributed by atoms with van der Waals surface area (Å²) in [5, 5.41) is 28.7. The third kappa shape index (κ3) is 10.6. The molecule has 0 saturated heterocycles. The van der Waals surface area contributed by atoms with E-state index in [1.54, 1.807) is 20.8 Å². The van der Waals surface area contributed by atoms with Crippen molar-refractivity contribution in [3.05, 3.63) is 59.7 Å². The van der Waals surface area contributed by atoms with E-state index in [4.69, 9.17) is 9.84 Å². The van der Waals surface area contributed by atoms with Crippen LogP contribution in [0.3, 0.4) is 0 Å². The van der Waals surface area contributed by atoms with Gasteiger partial charge in [0, 0.05) is 0 Å². The summed E-state index contributed by atoms with van der Waals surface area (Å²) in [6.07, 6.45) is -14.3. The summed E-state index contributed by atoms with van der Waals surface area (Å²) in [4.78, 5) is 21.2. The average Bonchev–Trinajstić information content (AvgIpc) is 2.90. The lowest BCUT2D eigenvalue weighted by Gasteiger charge is -2.30. The number of esters is 1. The van der Waals surface area contributed by atoms with Gasteiger partial charge < -0.3 is 20.1 Å². The highest BCUT2D eigenvalue weighted by atomic mass is 32.2. The van der Waals surface area contributed by atoms with E-state index < -0.39 is 105 Å². The van der Waals surface area contributed by atoms with Crippen LogP contribution in [0.4, 0.5) is 26.3 Å². The number of alkyl halides is 6. The van der Waals surface area contributed by atoms with E-state index in [-0.39, 0.29) is 0 Å². The van der Waals surface area contributed by atoms with E-state index in [0.29, 0.717) is 12.1 Å². The minimum absolute atomic E-state index is 0.463. The maximum absolute atomic E-state index is 12.8. The molecule has 0 amide bonds. The maximum atomic E-state index is 12.8. The van der Waals surface area contributed by atoms with Crippen molar-refractivity contribution in [2.45, 2.75) is 111 Å². The summed E-state index contributed by atoms with van der Waals surface area (Å²) in [6.45, 7) is 9.27. The molecular weight excluding hydrogens is 698 g/mol. The molecular formula is C30H38F6O10S2. The Bertz CT molecular complexity index is 1670. The number of carboxylic acid groups (broad SMARTS) is 1. The van der Waals surface area contributed by atoms with Crippen LogP contribution in [-0.2, 0) is 46.4 Å². The monoisotopic (exact) mass is 736 g/mol. The molecule has 0 bridgehead atoms. The molecule has 0 aliphatic carbocycles. The Morgan fingerprint density at radius 1 is 0.667 bits per heavy atom. The zero-order valence-electron chi connectivity index (χ0n) is 27.0. The lowest BCUT2D eigenvalue weighted by atomic mass is 10.0. The minimum Gasteiger partial charge on any atom is -0.481 e. The minimum atomic E-state index is -4.71. The zero-order valence-corrected chi connectivity index (χ0v) is 28.6. The summed E-state index contributed by atoms with van der Waals surface area (Å²) in [7, 11) is -8.75. The third-order valence-corrected chi connectivity index (χ3v) is 12.1. The number of aliphatic hydroxyl groups excluding tert-OH is 2. The molecule has 18 heteroatoms. The van der Waals surface area contributed by atoms with Crippen molar-refractivity contribution in [3.8, 4) is 0 Å². The fraction of sp³-hybridized carbons (Fsp3) is 0.533. The molecule has 0 aliphatic heterocycles. The number of halogens is 6. The molecule has 2 aromatic rings. The van der Waals surface area contributed by atoms with Crippen LogP contribution in [0.25, 0.3) is 0 Å². The number of carbonyl (C=O) groups is 2. The molecule has 2 rings (SSSR count). The van der Waals surface area contributed by atoms with Crippen molar-refractivity contribution >= 4 is 31.6 Å². The number of hydrogen-bond donors (Lipinski definition) is 3. The van der Waals surface area contributed by atoms with Gasteiger partial charge in [0.15, 0.2) is 19.7 Å². The third-order valence-electron chi connectivity index (χ3n) is 7.08. The molecule has 2 aromatic carbocycles. The Balaban J connectivity index is 0.000000487. The number of ether oxygens (including phenoxy) is 1. The van der Waals surface area contributed by atoms with Crippen molar-refractivity contribution in [1.29, 1.82) is 0 Å². The number of sulfone groups is 2. The van der Waals surface area contributed by atoms with Crippen molar-refractivity contribution in [2.75, 3.05) is 0 Å². The molecule has 0 aliphatic rings. The number of carboxylic acids is 1. The molecule has 0 aromatic heterocycles. The Morgan fingerprint density at radius 3 is 1.29 bits per heavy atom. The predicted molar refractivity (Wildman–Crippen MR) is 160 cm³/mol. The van der Waals surface area contributed by atoms with E-state index >= 15 is 0 Å². The summed E-state index contributed by atoms with van der Waals surface area (Å²) in [5.74, 6) is -2.22. The maximum Gasteiger partial charge on any atom is 0.416 e. The number of hydrogen-bond acceptors (Lipinski definition) is 9. The van der Waals surface area contributed by atoms with E-state index in [0.717, 1.165) is 64.1 Å². The standard InChI is InChI=1S/C17H23F3O5S.C13H15F3O5S/c1-15(2,3)25-14(22)10-13(21)16(4,5)26(23,24)12-8-6-7-11(9-12)17(18,19)20;1-12(2,10(17)7-11(18)19)22(20,21)9-5-3-4-8(6-9)13(14,15)16/h6-9,13,21H,10H2,1-5H3;3-6,10,17H,7H2,1-2H3,(H,18,19). The van der Waals surface area contributed by atoms with Crippen LogP contribution in [0.1, 0.15) is 72.4 Å². The summed E-state index contributed by atoms with van der Waals surface area (Å²) >= 11 is 0. The van der Waals surface area contributed by atoms with Crippen molar-refractivity contribution in [1.82, 2.24) is 0 Å². The Hall–Kier alpha value is -3.22. The second kappa shape index (κ2) is 14.7. The van der Waals surface area contributed by atoms with Gasteiger partial charge in [-0.1, -0.05) is 12.1 Å². The van der Waals surface area contributed by atoms with Crippen molar-refractivity contribution < 1.29 is 72.8 Å². The molecule has 0 fully saturated rings. The molecule has 272 valence electrons. The Kier molecular flexibility index (Phi) is 13.1. The van der Waals surface area contributed by atoms with Crippen LogP contribution < -0.4 is 0 Å². The highest BCUT2D eigenvalue weighted by Gasteiger charge is 2.45. The van der Waals surface area contributed by atoms with E-state index in [1.165, 1.54) is 0 Å². The summed E-state index contributed by atoms with van der Waals surface area (Å²) < 4.78 is 128. The fourth-order valence-corrected chi connectivity index (χ4v) is 7.02. The Morgan fingerprint density at radius 2 is 1.00 bits per heavy atom.